The second-order valence-corrected chi connectivity index (χ2v) is 8.79. The van der Waals surface area contributed by atoms with Crippen LogP contribution in [0.15, 0.2) is 64.9 Å². The molecule has 0 spiro atoms. The van der Waals surface area contributed by atoms with Gasteiger partial charge in [0.2, 0.25) is 0 Å². The Kier molecular flexibility index (Phi) is 5.19. The van der Waals surface area contributed by atoms with E-state index >= 15 is 0 Å². The van der Waals surface area contributed by atoms with Gasteiger partial charge < -0.3 is 19.9 Å². The highest BCUT2D eigenvalue weighted by Crippen LogP contribution is 2.40. The lowest BCUT2D eigenvalue weighted by molar-refractivity contribution is -0.125. The van der Waals surface area contributed by atoms with Crippen LogP contribution in [0.4, 0.5) is 10.1 Å². The van der Waals surface area contributed by atoms with Gasteiger partial charge in [0.1, 0.15) is 22.9 Å². The van der Waals surface area contributed by atoms with Gasteiger partial charge in [-0.2, -0.15) is 4.99 Å². The van der Waals surface area contributed by atoms with Crippen molar-refractivity contribution in [3.05, 3.63) is 76.9 Å². The van der Waals surface area contributed by atoms with Gasteiger partial charge in [0.25, 0.3) is 5.91 Å². The molecule has 1 saturated heterocycles. The van der Waals surface area contributed by atoms with Crippen molar-refractivity contribution in [1.29, 1.82) is 0 Å². The van der Waals surface area contributed by atoms with Crippen LogP contribution >= 0.6 is 0 Å². The highest BCUT2D eigenvalue weighted by Gasteiger charge is 2.49. The van der Waals surface area contributed by atoms with Gasteiger partial charge in [-0.25, -0.2) is 4.39 Å². The van der Waals surface area contributed by atoms with Crippen LogP contribution < -0.4 is 15.0 Å². The summed E-state index contributed by atoms with van der Waals surface area (Å²) in [5, 5.41) is 3.30. The molecule has 6 nitrogen and oxygen atoms in total. The fourth-order valence-electron chi connectivity index (χ4n) is 4.81. The number of nitrogens with zero attached hydrogens (tertiary/aromatic N) is 3. The number of hydrogen-bond donors (Lipinski definition) is 1. The number of allylic oxidation sites excluding steroid dienone is 1. The van der Waals surface area contributed by atoms with Gasteiger partial charge in [0.15, 0.2) is 0 Å². The van der Waals surface area contributed by atoms with Crippen LogP contribution in [0.5, 0.6) is 5.75 Å². The zero-order valence-electron chi connectivity index (χ0n) is 19.1. The minimum Gasteiger partial charge on any atom is -0.495 e. The number of nitrogens with one attached hydrogen (secondary N) is 1. The van der Waals surface area contributed by atoms with Crippen molar-refractivity contribution in [3.8, 4) is 5.75 Å². The lowest BCUT2D eigenvalue weighted by Gasteiger charge is -2.39. The Morgan fingerprint density at radius 1 is 1.21 bits per heavy atom. The normalized spacial score (nSPS) is 23.4. The molecule has 2 aromatic rings. The number of piperidine rings is 1. The summed E-state index contributed by atoms with van der Waals surface area (Å²) in [6.45, 7) is 5.34. The first-order valence-corrected chi connectivity index (χ1v) is 11.1. The maximum absolute atomic E-state index is 13.5. The van der Waals surface area contributed by atoms with E-state index in [-0.39, 0.29) is 11.7 Å². The van der Waals surface area contributed by atoms with Crippen molar-refractivity contribution < 1.29 is 13.9 Å². The van der Waals surface area contributed by atoms with Crippen LogP contribution in [0.2, 0.25) is 0 Å². The number of anilines is 1. The Labute approximate surface area is 193 Å². The van der Waals surface area contributed by atoms with E-state index in [9.17, 15) is 9.18 Å². The van der Waals surface area contributed by atoms with Crippen molar-refractivity contribution in [2.24, 2.45) is 4.99 Å². The van der Waals surface area contributed by atoms with E-state index in [0.717, 1.165) is 53.2 Å². The average molecular weight is 447 g/mol. The number of amidine groups is 1. The van der Waals surface area contributed by atoms with Gasteiger partial charge in [-0.15, -0.1) is 0 Å². The first-order chi connectivity index (χ1) is 15.9. The number of hydrogen-bond acceptors (Lipinski definition) is 5. The molecular weight excluding hydrogens is 419 g/mol. The summed E-state index contributed by atoms with van der Waals surface area (Å²) in [5.41, 5.74) is 3.95. The molecule has 1 fully saturated rings. The topological polar surface area (TPSA) is 57.2 Å². The molecule has 2 aromatic carbocycles. The van der Waals surface area contributed by atoms with Crippen molar-refractivity contribution in [3.63, 3.8) is 0 Å². The SMILES string of the molecule is COc1cc(/C=C2\CCCN3C2=NC(=O)C3(C)c2ccc(F)cc2)ccc1N1C=C(C)NC1. The molecule has 0 aromatic heterocycles. The van der Waals surface area contributed by atoms with Crippen molar-refractivity contribution in [1.82, 2.24) is 10.2 Å². The van der Waals surface area contributed by atoms with Crippen LogP contribution in [0, 0.1) is 5.82 Å². The van der Waals surface area contributed by atoms with Crippen LogP contribution in [0.1, 0.15) is 37.8 Å². The Morgan fingerprint density at radius 2 is 2.00 bits per heavy atom. The van der Waals surface area contributed by atoms with Gasteiger partial charge in [-0.1, -0.05) is 18.2 Å². The molecule has 3 heterocycles. The molecule has 1 N–H and O–H groups in total. The Hall–Kier alpha value is -3.61. The van der Waals surface area contributed by atoms with Crippen molar-refractivity contribution in [2.45, 2.75) is 32.2 Å². The molecule has 0 saturated carbocycles. The Balaban J connectivity index is 1.47. The fraction of sp³-hybridized carbons (Fsp3) is 0.308. The van der Waals surface area contributed by atoms with E-state index in [2.05, 4.69) is 38.5 Å². The summed E-state index contributed by atoms with van der Waals surface area (Å²) in [4.78, 5) is 21.7. The lowest BCUT2D eigenvalue weighted by Crippen LogP contribution is -2.49. The second-order valence-electron chi connectivity index (χ2n) is 8.79. The summed E-state index contributed by atoms with van der Waals surface area (Å²) in [7, 11) is 1.67. The molecule has 3 aliphatic rings. The molecule has 170 valence electrons. The third-order valence-electron chi connectivity index (χ3n) is 6.67. The number of amides is 1. The zero-order valence-corrected chi connectivity index (χ0v) is 19.1. The number of carbonyl (C=O) groups is 1. The first kappa shape index (κ1) is 21.2. The van der Waals surface area contributed by atoms with Crippen LogP contribution in [-0.4, -0.2) is 37.0 Å². The summed E-state index contributed by atoms with van der Waals surface area (Å²) >= 11 is 0. The molecule has 1 atom stereocenters. The lowest BCUT2D eigenvalue weighted by atomic mass is 9.88. The molecule has 0 radical (unpaired) electrons. The Morgan fingerprint density at radius 3 is 2.70 bits per heavy atom. The molecule has 1 amide bonds. The second kappa shape index (κ2) is 8.06. The number of rotatable bonds is 4. The number of fused-ring (bicyclic) bond motifs is 1. The molecule has 0 bridgehead atoms. The summed E-state index contributed by atoms with van der Waals surface area (Å²) in [5.74, 6) is 0.961. The molecule has 33 heavy (non-hydrogen) atoms. The third-order valence-corrected chi connectivity index (χ3v) is 6.67. The van der Waals surface area contributed by atoms with E-state index in [1.54, 1.807) is 19.2 Å². The first-order valence-electron chi connectivity index (χ1n) is 11.1. The number of methoxy groups -OCH3 is 1. The number of halogens is 1. The quantitative estimate of drug-likeness (QED) is 0.755. The van der Waals surface area contributed by atoms with Gasteiger partial charge in [-0.05, 0) is 73.7 Å². The summed E-state index contributed by atoms with van der Waals surface area (Å²) in [6.07, 6.45) is 5.90. The van der Waals surface area contributed by atoms with Crippen LogP contribution in [-0.2, 0) is 10.3 Å². The van der Waals surface area contributed by atoms with Crippen molar-refractivity contribution >= 4 is 23.5 Å². The predicted octanol–water partition coefficient (Wildman–Crippen LogP) is 4.40. The highest BCUT2D eigenvalue weighted by atomic mass is 19.1. The predicted molar refractivity (Wildman–Crippen MR) is 127 cm³/mol. The third kappa shape index (κ3) is 3.57. The number of ether oxygens (including phenoxy) is 1. The molecule has 7 heteroatoms. The molecule has 1 unspecified atom stereocenters. The van der Waals surface area contributed by atoms with Crippen LogP contribution in [0.25, 0.3) is 6.08 Å². The monoisotopic (exact) mass is 446 g/mol. The standard InChI is InChI=1S/C26H27FN4O2/c1-17-15-30(16-28-17)22-11-6-18(14-23(22)33-3)13-19-5-4-12-31-24(19)29-25(32)26(31,2)20-7-9-21(27)10-8-20/h6-11,13-15,28H,4-5,12,16H2,1-3H3/b19-13+. The minimum atomic E-state index is -0.920. The van der Waals surface area contributed by atoms with Gasteiger partial charge >= 0.3 is 0 Å². The molecular formula is C26H27FN4O2. The summed E-state index contributed by atoms with van der Waals surface area (Å²) in [6, 6.07) is 12.3. The number of aliphatic imine (C=N–C) groups is 1. The minimum absolute atomic E-state index is 0.214. The fourth-order valence-corrected chi connectivity index (χ4v) is 4.81. The van der Waals surface area contributed by atoms with Crippen molar-refractivity contribution in [2.75, 3.05) is 25.2 Å². The van der Waals surface area contributed by atoms with E-state index in [4.69, 9.17) is 4.74 Å². The highest BCUT2D eigenvalue weighted by molar-refractivity contribution is 6.15. The number of benzene rings is 2. The van der Waals surface area contributed by atoms with E-state index in [0.29, 0.717) is 12.5 Å². The molecule has 3 aliphatic heterocycles. The van der Waals surface area contributed by atoms with E-state index in [1.807, 2.05) is 26.0 Å². The largest absolute Gasteiger partial charge is 0.495 e. The average Bonchev–Trinajstić information content (AvgIpc) is 3.36. The number of carbonyl (C=O) groups excluding carboxylic acids is 1. The van der Waals surface area contributed by atoms with E-state index in [1.165, 1.54) is 12.1 Å². The van der Waals surface area contributed by atoms with Gasteiger partial charge in [0.05, 0.1) is 19.5 Å². The Bertz CT molecular complexity index is 1200. The maximum Gasteiger partial charge on any atom is 0.277 e. The zero-order chi connectivity index (χ0) is 23.2. The van der Waals surface area contributed by atoms with E-state index < -0.39 is 5.54 Å². The molecule has 0 aliphatic carbocycles. The smallest absolute Gasteiger partial charge is 0.277 e. The maximum atomic E-state index is 13.5. The molecule has 5 rings (SSSR count). The van der Waals surface area contributed by atoms with Gasteiger partial charge in [0, 0.05) is 18.4 Å². The summed E-state index contributed by atoms with van der Waals surface area (Å²) < 4.78 is 19.2. The van der Waals surface area contributed by atoms with Crippen LogP contribution in [0.3, 0.4) is 0 Å². The van der Waals surface area contributed by atoms with Gasteiger partial charge in [-0.3, -0.25) is 4.79 Å².